The second-order valence-electron chi connectivity index (χ2n) is 6.79. The Morgan fingerprint density at radius 2 is 1.97 bits per heavy atom. The summed E-state index contributed by atoms with van der Waals surface area (Å²) >= 11 is 13.5. The Labute approximate surface area is 197 Å². The van der Waals surface area contributed by atoms with Crippen molar-refractivity contribution in [1.29, 1.82) is 0 Å². The van der Waals surface area contributed by atoms with E-state index in [9.17, 15) is 9.59 Å². The molecule has 0 aliphatic heterocycles. The fourth-order valence-corrected chi connectivity index (χ4v) is 4.39. The third-order valence-corrected chi connectivity index (χ3v) is 6.45. The van der Waals surface area contributed by atoms with Gasteiger partial charge in [-0.1, -0.05) is 53.2 Å². The number of amides is 1. The summed E-state index contributed by atoms with van der Waals surface area (Å²) in [6.07, 6.45) is 0.0231. The first-order valence-electron chi connectivity index (χ1n) is 9.73. The molecule has 8 nitrogen and oxygen atoms in total. The van der Waals surface area contributed by atoms with E-state index in [1.807, 2.05) is 17.6 Å². The van der Waals surface area contributed by atoms with Crippen molar-refractivity contribution in [3.05, 3.63) is 74.5 Å². The molecule has 2 aromatic carbocycles. The highest BCUT2D eigenvalue weighted by molar-refractivity contribution is 7.98. The maximum Gasteiger partial charge on any atom is 0.258 e. The van der Waals surface area contributed by atoms with Crippen LogP contribution in [0.25, 0.3) is 10.9 Å². The van der Waals surface area contributed by atoms with Gasteiger partial charge in [0.1, 0.15) is 11.6 Å². The van der Waals surface area contributed by atoms with Crippen LogP contribution >= 0.6 is 35.0 Å². The monoisotopic (exact) mass is 488 g/mol. The first kappa shape index (κ1) is 22.3. The van der Waals surface area contributed by atoms with Crippen molar-refractivity contribution in [2.24, 2.45) is 0 Å². The minimum Gasteiger partial charge on any atom is -0.324 e. The van der Waals surface area contributed by atoms with Gasteiger partial charge in [-0.25, -0.2) is 4.98 Å². The van der Waals surface area contributed by atoms with Gasteiger partial charge < -0.3 is 14.9 Å². The molecule has 32 heavy (non-hydrogen) atoms. The lowest BCUT2D eigenvalue weighted by Crippen LogP contribution is -2.18. The first-order chi connectivity index (χ1) is 15.5. The van der Waals surface area contributed by atoms with Crippen molar-refractivity contribution >= 4 is 57.5 Å². The van der Waals surface area contributed by atoms with Crippen LogP contribution in [0.3, 0.4) is 0 Å². The summed E-state index contributed by atoms with van der Waals surface area (Å²) in [5.74, 6) is 1.18. The molecule has 0 fully saturated rings. The molecule has 2 heterocycles. The number of para-hydroxylation sites is 1. The maximum atomic E-state index is 12.5. The van der Waals surface area contributed by atoms with Crippen LogP contribution in [0.5, 0.6) is 0 Å². The Kier molecular flexibility index (Phi) is 6.78. The predicted octanol–water partition coefficient (Wildman–Crippen LogP) is 4.31. The van der Waals surface area contributed by atoms with Crippen LogP contribution in [0.2, 0.25) is 10.0 Å². The second-order valence-corrected chi connectivity index (χ2v) is 8.52. The number of nitrogens with zero attached hydrogens (tertiary/aromatic N) is 4. The Balaban J connectivity index is 1.46. The summed E-state index contributed by atoms with van der Waals surface area (Å²) in [7, 11) is 0. The zero-order chi connectivity index (χ0) is 22.7. The molecule has 4 rings (SSSR count). The summed E-state index contributed by atoms with van der Waals surface area (Å²) in [4.78, 5) is 32.1. The number of aromatic nitrogens is 5. The van der Waals surface area contributed by atoms with Crippen molar-refractivity contribution in [1.82, 2.24) is 24.7 Å². The molecular formula is C21H18Cl2N6O2S. The number of hydrogen-bond acceptors (Lipinski definition) is 6. The normalized spacial score (nSPS) is 11.1. The first-order valence-corrected chi connectivity index (χ1v) is 11.5. The minimum atomic E-state index is -0.284. The predicted molar refractivity (Wildman–Crippen MR) is 126 cm³/mol. The number of H-pyrrole nitrogens is 1. The number of fused-ring (bicyclic) bond motifs is 1. The van der Waals surface area contributed by atoms with Gasteiger partial charge in [-0.15, -0.1) is 10.2 Å². The van der Waals surface area contributed by atoms with Crippen LogP contribution in [0.15, 0.2) is 52.4 Å². The molecule has 0 atom stereocenters. The van der Waals surface area contributed by atoms with Gasteiger partial charge in [-0.05, 0) is 31.2 Å². The Hall–Kier alpha value is -2.88. The van der Waals surface area contributed by atoms with Gasteiger partial charge in [-0.3, -0.25) is 9.59 Å². The Morgan fingerprint density at radius 1 is 1.16 bits per heavy atom. The molecule has 2 aromatic heterocycles. The fourth-order valence-electron chi connectivity index (χ4n) is 3.15. The van der Waals surface area contributed by atoms with Crippen LogP contribution in [0, 0.1) is 0 Å². The average molecular weight is 489 g/mol. The van der Waals surface area contributed by atoms with Gasteiger partial charge in [0, 0.05) is 6.54 Å². The average Bonchev–Trinajstić information content (AvgIpc) is 3.16. The van der Waals surface area contributed by atoms with E-state index in [0.29, 0.717) is 50.7 Å². The molecule has 0 unspecified atom stereocenters. The molecule has 4 aromatic rings. The number of nitrogens with one attached hydrogen (secondary N) is 2. The molecule has 0 radical (unpaired) electrons. The van der Waals surface area contributed by atoms with Gasteiger partial charge in [0.2, 0.25) is 5.91 Å². The molecule has 1 amide bonds. The molecule has 2 N–H and O–H groups in total. The van der Waals surface area contributed by atoms with Crippen molar-refractivity contribution in [2.75, 3.05) is 5.32 Å². The van der Waals surface area contributed by atoms with E-state index in [-0.39, 0.29) is 22.9 Å². The van der Waals surface area contributed by atoms with Crippen LogP contribution in [0.1, 0.15) is 18.6 Å². The van der Waals surface area contributed by atoms with Crippen LogP contribution in [-0.2, 0) is 23.5 Å². The summed E-state index contributed by atoms with van der Waals surface area (Å²) in [5, 5.41) is 12.9. The molecule has 0 aliphatic carbocycles. The standard InChI is InChI=1S/C21H18Cl2N6O2S/c1-2-29-17(10-18(30)25-15-9-5-7-13(22)19(15)23)27-28-21(29)32-11-16-24-14-8-4-3-6-12(14)20(31)26-16/h3-9H,2,10-11H2,1H3,(H,25,30)(H,24,26,31). The summed E-state index contributed by atoms with van der Waals surface area (Å²) in [6, 6.07) is 12.2. The van der Waals surface area contributed by atoms with Gasteiger partial charge >= 0.3 is 0 Å². The van der Waals surface area contributed by atoms with Gasteiger partial charge in [0.25, 0.3) is 5.56 Å². The molecule has 0 saturated carbocycles. The lowest BCUT2D eigenvalue weighted by molar-refractivity contribution is -0.115. The number of hydrogen-bond donors (Lipinski definition) is 2. The van der Waals surface area contributed by atoms with E-state index in [2.05, 4.69) is 25.5 Å². The van der Waals surface area contributed by atoms with Gasteiger partial charge in [-0.2, -0.15) is 0 Å². The number of halogens is 2. The summed E-state index contributed by atoms with van der Waals surface area (Å²) in [5.41, 5.74) is 0.897. The fraction of sp³-hybridized carbons (Fsp3) is 0.190. The van der Waals surface area contributed by atoms with Gasteiger partial charge in [0.15, 0.2) is 5.16 Å². The zero-order valence-corrected chi connectivity index (χ0v) is 19.3. The molecule has 164 valence electrons. The van der Waals surface area contributed by atoms with E-state index in [4.69, 9.17) is 23.2 Å². The lowest BCUT2D eigenvalue weighted by atomic mass is 10.2. The van der Waals surface area contributed by atoms with Crippen LogP contribution in [0.4, 0.5) is 5.69 Å². The highest BCUT2D eigenvalue weighted by atomic mass is 35.5. The summed E-state index contributed by atoms with van der Waals surface area (Å²) < 4.78 is 1.85. The largest absolute Gasteiger partial charge is 0.324 e. The second kappa shape index (κ2) is 9.72. The highest BCUT2D eigenvalue weighted by Gasteiger charge is 2.17. The van der Waals surface area contributed by atoms with Crippen molar-refractivity contribution in [3.8, 4) is 0 Å². The molecule has 0 spiro atoms. The maximum absolute atomic E-state index is 12.5. The van der Waals surface area contributed by atoms with E-state index < -0.39 is 0 Å². The number of anilines is 1. The lowest BCUT2D eigenvalue weighted by Gasteiger charge is -2.09. The van der Waals surface area contributed by atoms with Crippen LogP contribution < -0.4 is 10.9 Å². The number of rotatable bonds is 7. The molecular weight excluding hydrogens is 471 g/mol. The van der Waals surface area contributed by atoms with Gasteiger partial charge in [0.05, 0.1) is 38.8 Å². The number of carbonyl (C=O) groups is 1. The third kappa shape index (κ3) is 4.79. The topological polar surface area (TPSA) is 106 Å². The van der Waals surface area contributed by atoms with E-state index in [1.54, 1.807) is 36.4 Å². The minimum absolute atomic E-state index is 0.0231. The van der Waals surface area contributed by atoms with E-state index in [1.165, 1.54) is 11.8 Å². The zero-order valence-electron chi connectivity index (χ0n) is 16.9. The molecule has 0 saturated heterocycles. The highest BCUT2D eigenvalue weighted by Crippen LogP contribution is 2.29. The molecule has 11 heteroatoms. The number of benzene rings is 2. The number of carbonyl (C=O) groups excluding carboxylic acids is 1. The van der Waals surface area contributed by atoms with E-state index >= 15 is 0 Å². The number of aromatic amines is 1. The third-order valence-electron chi connectivity index (χ3n) is 4.65. The smallest absolute Gasteiger partial charge is 0.258 e. The Morgan fingerprint density at radius 3 is 2.78 bits per heavy atom. The van der Waals surface area contributed by atoms with Crippen LogP contribution in [-0.4, -0.2) is 30.6 Å². The van der Waals surface area contributed by atoms with Crippen molar-refractivity contribution in [3.63, 3.8) is 0 Å². The SMILES string of the molecule is CCn1c(CC(=O)Nc2cccc(Cl)c2Cl)nnc1SCc1nc2ccccc2c(=O)[nH]1. The van der Waals surface area contributed by atoms with E-state index in [0.717, 1.165) is 0 Å². The molecule has 0 bridgehead atoms. The molecule has 0 aliphatic rings. The Bertz CT molecular complexity index is 1350. The number of thioether (sulfide) groups is 1. The van der Waals surface area contributed by atoms with Crippen molar-refractivity contribution in [2.45, 2.75) is 30.8 Å². The quantitative estimate of drug-likeness (QED) is 0.375. The van der Waals surface area contributed by atoms with Crippen molar-refractivity contribution < 1.29 is 4.79 Å². The summed E-state index contributed by atoms with van der Waals surface area (Å²) in [6.45, 7) is 2.52.